The Labute approximate surface area is 197 Å². The monoisotopic (exact) mass is 488 g/mol. The molecule has 3 N–H and O–H groups in total. The van der Waals surface area contributed by atoms with Crippen molar-refractivity contribution in [2.75, 3.05) is 18.4 Å². The number of anilines is 1. The first-order valence-electron chi connectivity index (χ1n) is 10.7. The lowest BCUT2D eigenvalue weighted by atomic mass is 10.0. The van der Waals surface area contributed by atoms with Gasteiger partial charge in [-0.1, -0.05) is 29.8 Å². The summed E-state index contributed by atoms with van der Waals surface area (Å²) in [6.07, 6.45) is 3.69. The van der Waals surface area contributed by atoms with Crippen LogP contribution in [0.2, 0.25) is 5.02 Å². The van der Waals surface area contributed by atoms with Crippen LogP contribution in [0.1, 0.15) is 25.3 Å². The molecule has 2 amide bonds. The molecule has 0 saturated carbocycles. The molecule has 0 spiro atoms. The van der Waals surface area contributed by atoms with Crippen LogP contribution < -0.4 is 10.6 Å². The first-order chi connectivity index (χ1) is 15.8. The fourth-order valence-corrected chi connectivity index (χ4v) is 6.07. The number of amides is 2. The second-order valence-corrected chi connectivity index (χ2v) is 10.4. The maximum atomic E-state index is 13.1. The predicted molar refractivity (Wildman–Crippen MR) is 128 cm³/mol. The second kappa shape index (κ2) is 9.54. The topological polar surface area (TPSA) is 111 Å². The SMILES string of the molecule is CC(=O)N[C@@H](Cc1c[nH]c2ccccc12)C(=O)Nc1ccc(Cl)c(S(=O)(=O)N2CCCC2)c1. The zero-order valence-corrected chi connectivity index (χ0v) is 19.7. The van der Waals surface area contributed by atoms with Crippen LogP contribution in [0.4, 0.5) is 5.69 Å². The van der Waals surface area contributed by atoms with Crippen molar-refractivity contribution < 1.29 is 18.0 Å². The molecule has 1 aromatic heterocycles. The summed E-state index contributed by atoms with van der Waals surface area (Å²) >= 11 is 6.20. The maximum Gasteiger partial charge on any atom is 0.247 e. The van der Waals surface area contributed by atoms with E-state index in [1.807, 2.05) is 30.5 Å². The molecule has 4 rings (SSSR count). The van der Waals surface area contributed by atoms with Gasteiger partial charge in [-0.15, -0.1) is 0 Å². The van der Waals surface area contributed by atoms with Crippen molar-refractivity contribution in [3.63, 3.8) is 0 Å². The molecule has 2 aromatic carbocycles. The van der Waals surface area contributed by atoms with Gasteiger partial charge >= 0.3 is 0 Å². The number of aromatic nitrogens is 1. The van der Waals surface area contributed by atoms with E-state index in [0.29, 0.717) is 13.1 Å². The van der Waals surface area contributed by atoms with E-state index >= 15 is 0 Å². The molecular weight excluding hydrogens is 464 g/mol. The number of fused-ring (bicyclic) bond motifs is 1. The van der Waals surface area contributed by atoms with Crippen molar-refractivity contribution in [3.8, 4) is 0 Å². The third-order valence-corrected chi connectivity index (χ3v) is 8.05. The summed E-state index contributed by atoms with van der Waals surface area (Å²) in [7, 11) is -3.76. The van der Waals surface area contributed by atoms with Crippen LogP contribution in [-0.4, -0.2) is 48.7 Å². The van der Waals surface area contributed by atoms with E-state index in [1.165, 1.54) is 23.4 Å². The summed E-state index contributed by atoms with van der Waals surface area (Å²) in [5.74, 6) is -0.800. The number of para-hydroxylation sites is 1. The number of benzene rings is 2. The molecule has 1 atom stereocenters. The van der Waals surface area contributed by atoms with Crippen molar-refractivity contribution >= 4 is 50.0 Å². The van der Waals surface area contributed by atoms with Crippen molar-refractivity contribution in [3.05, 3.63) is 59.2 Å². The average Bonchev–Trinajstić information content (AvgIpc) is 3.45. The van der Waals surface area contributed by atoms with E-state index < -0.39 is 22.0 Å². The third-order valence-electron chi connectivity index (χ3n) is 5.67. The van der Waals surface area contributed by atoms with Gasteiger partial charge in [0.2, 0.25) is 21.8 Å². The minimum Gasteiger partial charge on any atom is -0.361 e. The molecule has 3 aromatic rings. The standard InChI is InChI=1S/C23H25ClN4O4S/c1-15(29)26-21(12-16-14-25-20-7-3-2-6-18(16)20)23(30)27-17-8-9-19(24)22(13-17)33(31,32)28-10-4-5-11-28/h2-3,6-9,13-14,21,25H,4-5,10-12H2,1H3,(H,26,29)(H,27,30)/t21-/m0/s1. The summed E-state index contributed by atoms with van der Waals surface area (Å²) in [6, 6.07) is 11.2. The zero-order chi connectivity index (χ0) is 23.6. The summed E-state index contributed by atoms with van der Waals surface area (Å²) in [6.45, 7) is 2.24. The number of sulfonamides is 1. The van der Waals surface area contributed by atoms with E-state index in [-0.39, 0.29) is 27.9 Å². The highest BCUT2D eigenvalue weighted by Gasteiger charge is 2.30. The Bertz CT molecular complexity index is 1300. The molecule has 1 aliphatic heterocycles. The summed E-state index contributed by atoms with van der Waals surface area (Å²) in [5.41, 5.74) is 2.10. The van der Waals surface area contributed by atoms with Gasteiger partial charge in [-0.25, -0.2) is 8.42 Å². The second-order valence-electron chi connectivity index (χ2n) is 8.06. The van der Waals surface area contributed by atoms with Gasteiger partial charge in [0.1, 0.15) is 10.9 Å². The van der Waals surface area contributed by atoms with Crippen LogP contribution in [0, 0.1) is 0 Å². The van der Waals surface area contributed by atoms with Gasteiger partial charge in [-0.3, -0.25) is 9.59 Å². The number of nitrogens with one attached hydrogen (secondary N) is 3. The lowest BCUT2D eigenvalue weighted by Gasteiger charge is -2.19. The lowest BCUT2D eigenvalue weighted by Crippen LogP contribution is -2.44. The van der Waals surface area contributed by atoms with Crippen LogP contribution in [0.15, 0.2) is 53.6 Å². The Morgan fingerprint density at radius 1 is 1.15 bits per heavy atom. The molecule has 1 saturated heterocycles. The predicted octanol–water partition coefficient (Wildman–Crippen LogP) is 3.29. The summed E-state index contributed by atoms with van der Waals surface area (Å²) in [4.78, 5) is 28.0. The van der Waals surface area contributed by atoms with Crippen LogP contribution in [0.3, 0.4) is 0 Å². The van der Waals surface area contributed by atoms with Gasteiger partial charge < -0.3 is 15.6 Å². The van der Waals surface area contributed by atoms with Gasteiger partial charge in [0.05, 0.1) is 5.02 Å². The number of H-pyrrole nitrogens is 1. The van der Waals surface area contributed by atoms with Gasteiger partial charge in [0, 0.05) is 49.2 Å². The molecule has 0 radical (unpaired) electrons. The highest BCUT2D eigenvalue weighted by molar-refractivity contribution is 7.89. The Morgan fingerprint density at radius 3 is 2.61 bits per heavy atom. The fraction of sp³-hybridized carbons (Fsp3) is 0.304. The van der Waals surface area contributed by atoms with Crippen LogP contribution in [0.5, 0.6) is 0 Å². The molecule has 0 bridgehead atoms. The highest BCUT2D eigenvalue weighted by atomic mass is 35.5. The molecule has 0 unspecified atom stereocenters. The maximum absolute atomic E-state index is 13.1. The lowest BCUT2D eigenvalue weighted by molar-refractivity contribution is -0.125. The third kappa shape index (κ3) is 5.05. The largest absolute Gasteiger partial charge is 0.361 e. The Hall–Kier alpha value is -2.88. The Morgan fingerprint density at radius 2 is 1.88 bits per heavy atom. The number of carbonyl (C=O) groups is 2. The van der Waals surface area contributed by atoms with Gasteiger partial charge in [-0.05, 0) is 42.7 Å². The average molecular weight is 489 g/mol. The number of carbonyl (C=O) groups excluding carboxylic acids is 2. The van der Waals surface area contributed by atoms with Gasteiger partial charge in [0.25, 0.3) is 0 Å². The number of halogens is 1. The first-order valence-corrected chi connectivity index (χ1v) is 12.5. The number of aromatic amines is 1. The van der Waals surface area contributed by atoms with Crippen molar-refractivity contribution in [1.29, 1.82) is 0 Å². The van der Waals surface area contributed by atoms with E-state index in [0.717, 1.165) is 29.3 Å². The van der Waals surface area contributed by atoms with E-state index in [4.69, 9.17) is 11.6 Å². The van der Waals surface area contributed by atoms with Gasteiger partial charge in [0.15, 0.2) is 0 Å². The molecule has 33 heavy (non-hydrogen) atoms. The molecular formula is C23H25ClN4O4S. The van der Waals surface area contributed by atoms with Crippen LogP contribution in [0.25, 0.3) is 10.9 Å². The van der Waals surface area contributed by atoms with Crippen LogP contribution in [-0.2, 0) is 26.0 Å². The number of rotatable bonds is 7. The van der Waals surface area contributed by atoms with E-state index in [2.05, 4.69) is 15.6 Å². The fourth-order valence-electron chi connectivity index (χ4n) is 4.05. The molecule has 174 valence electrons. The minimum atomic E-state index is -3.76. The van der Waals surface area contributed by atoms with E-state index in [1.54, 1.807) is 6.07 Å². The molecule has 2 heterocycles. The molecule has 10 heteroatoms. The number of hydrogen-bond acceptors (Lipinski definition) is 4. The molecule has 1 fully saturated rings. The smallest absolute Gasteiger partial charge is 0.247 e. The number of nitrogens with zero attached hydrogens (tertiary/aromatic N) is 1. The molecule has 1 aliphatic rings. The Balaban J connectivity index is 1.57. The summed E-state index contributed by atoms with van der Waals surface area (Å²) in [5, 5.41) is 6.48. The van der Waals surface area contributed by atoms with Crippen molar-refractivity contribution in [2.45, 2.75) is 37.1 Å². The first kappa shape index (κ1) is 23.3. The van der Waals surface area contributed by atoms with E-state index in [9.17, 15) is 18.0 Å². The van der Waals surface area contributed by atoms with Crippen LogP contribution >= 0.6 is 11.6 Å². The number of hydrogen-bond donors (Lipinski definition) is 3. The summed E-state index contributed by atoms with van der Waals surface area (Å²) < 4.78 is 27.4. The zero-order valence-electron chi connectivity index (χ0n) is 18.1. The normalized spacial score (nSPS) is 15.5. The van der Waals surface area contributed by atoms with Crippen molar-refractivity contribution in [1.82, 2.24) is 14.6 Å². The molecule has 0 aliphatic carbocycles. The van der Waals surface area contributed by atoms with Crippen molar-refractivity contribution in [2.24, 2.45) is 0 Å². The van der Waals surface area contributed by atoms with Gasteiger partial charge in [-0.2, -0.15) is 4.31 Å². The highest BCUT2D eigenvalue weighted by Crippen LogP contribution is 2.30. The minimum absolute atomic E-state index is 0.0448. The quantitative estimate of drug-likeness (QED) is 0.473. The molecule has 8 nitrogen and oxygen atoms in total. The Kier molecular flexibility index (Phi) is 6.73.